The van der Waals surface area contributed by atoms with Gasteiger partial charge < -0.3 is 14.9 Å². The highest BCUT2D eigenvalue weighted by atomic mass is 19.4. The molecule has 3 aromatic rings. The lowest BCUT2D eigenvalue weighted by Gasteiger charge is -2.22. The maximum atomic E-state index is 12.8. The van der Waals surface area contributed by atoms with Crippen LogP contribution in [0.5, 0.6) is 5.75 Å². The summed E-state index contributed by atoms with van der Waals surface area (Å²) in [6.07, 6.45) is -6.66. The quantitative estimate of drug-likeness (QED) is 0.312. The van der Waals surface area contributed by atoms with Gasteiger partial charge in [0, 0.05) is 37.7 Å². The van der Waals surface area contributed by atoms with Crippen LogP contribution in [0.3, 0.4) is 0 Å². The molecule has 2 N–H and O–H groups in total. The molecule has 1 spiro atoms. The van der Waals surface area contributed by atoms with E-state index in [0.29, 0.717) is 18.8 Å². The van der Waals surface area contributed by atoms with Crippen LogP contribution in [0.1, 0.15) is 23.5 Å². The Morgan fingerprint density at radius 2 is 1.51 bits per heavy atom. The predicted octanol–water partition coefficient (Wildman–Crippen LogP) is 2.57. The minimum absolute atomic E-state index is 0.0420. The van der Waals surface area contributed by atoms with Crippen molar-refractivity contribution in [3.05, 3.63) is 86.5 Å². The number of aliphatic carboxylic acids is 2. The summed E-state index contributed by atoms with van der Waals surface area (Å²) in [7, 11) is 1.61. The van der Waals surface area contributed by atoms with Gasteiger partial charge in [-0.1, -0.05) is 18.2 Å². The van der Waals surface area contributed by atoms with Gasteiger partial charge in [0.15, 0.2) is 0 Å². The molecule has 1 aromatic carbocycles. The van der Waals surface area contributed by atoms with E-state index in [1.165, 1.54) is 4.68 Å². The van der Waals surface area contributed by atoms with Crippen LogP contribution in [-0.4, -0.2) is 78.9 Å². The van der Waals surface area contributed by atoms with Crippen molar-refractivity contribution in [1.82, 2.24) is 24.2 Å². The number of carbonyl (C=O) groups is 2. The number of likely N-dealkylation sites (tertiary alicyclic amines) is 1. The number of carboxylic acids is 2. The summed E-state index contributed by atoms with van der Waals surface area (Å²) in [6.45, 7) is 3.45. The highest BCUT2D eigenvalue weighted by Crippen LogP contribution is 2.39. The number of pyridine rings is 1. The van der Waals surface area contributed by atoms with Gasteiger partial charge in [-0.15, -0.1) is 0 Å². The molecule has 1 fully saturated rings. The number of aromatic nitrogens is 4. The number of hydrogen-bond donors (Lipinski definition) is 2. The van der Waals surface area contributed by atoms with Crippen LogP contribution in [0.15, 0.2) is 58.3 Å². The number of fused-ring (bicyclic) bond motifs is 1. The number of nitrogens with zero attached hydrogens (tertiary/aromatic N) is 5. The molecule has 4 heterocycles. The van der Waals surface area contributed by atoms with Crippen molar-refractivity contribution < 1.29 is 50.9 Å². The molecular formula is C27H27F6N5O7. The van der Waals surface area contributed by atoms with Gasteiger partial charge in [-0.2, -0.15) is 31.4 Å². The molecule has 2 aliphatic heterocycles. The minimum atomic E-state index is -5.08. The van der Waals surface area contributed by atoms with Crippen LogP contribution in [0.2, 0.25) is 0 Å². The average molecular weight is 648 g/mol. The molecule has 0 amide bonds. The lowest BCUT2D eigenvalue weighted by atomic mass is 9.86. The van der Waals surface area contributed by atoms with Crippen molar-refractivity contribution in [2.45, 2.75) is 44.8 Å². The lowest BCUT2D eigenvalue weighted by molar-refractivity contribution is -0.193. The number of benzene rings is 1. The molecule has 0 saturated carbocycles. The van der Waals surface area contributed by atoms with Crippen LogP contribution < -0.4 is 15.9 Å². The van der Waals surface area contributed by atoms with E-state index in [1.807, 2.05) is 48.7 Å². The van der Waals surface area contributed by atoms with Crippen LogP contribution in [0, 0.1) is 5.41 Å². The molecule has 2 aliphatic rings. The second-order valence-corrected chi connectivity index (χ2v) is 10.2. The van der Waals surface area contributed by atoms with Gasteiger partial charge in [0.2, 0.25) is 0 Å². The van der Waals surface area contributed by atoms with Crippen LogP contribution in [0.4, 0.5) is 26.3 Å². The Bertz CT molecular complexity index is 1580. The molecule has 2 aromatic heterocycles. The summed E-state index contributed by atoms with van der Waals surface area (Å²) in [5.41, 5.74) is 0.859. The Morgan fingerprint density at radius 3 is 2.02 bits per heavy atom. The molecule has 45 heavy (non-hydrogen) atoms. The number of hydrogen-bond acceptors (Lipinski definition) is 8. The normalized spacial score (nSPS) is 17.5. The fourth-order valence-corrected chi connectivity index (χ4v) is 4.77. The first-order chi connectivity index (χ1) is 20.9. The number of rotatable bonds is 5. The third kappa shape index (κ3) is 9.37. The van der Waals surface area contributed by atoms with Crippen molar-refractivity contribution in [2.75, 3.05) is 20.2 Å². The van der Waals surface area contributed by atoms with E-state index in [0.717, 1.165) is 43.1 Å². The number of halogens is 6. The third-order valence-electron chi connectivity index (χ3n) is 6.84. The largest absolute Gasteiger partial charge is 0.497 e. The zero-order valence-corrected chi connectivity index (χ0v) is 23.5. The molecule has 1 atom stereocenters. The van der Waals surface area contributed by atoms with Gasteiger partial charge in [-0.25, -0.2) is 14.3 Å². The number of ether oxygens (including phenoxy) is 1. The summed E-state index contributed by atoms with van der Waals surface area (Å²) in [5.74, 6) is -4.06. The van der Waals surface area contributed by atoms with E-state index < -0.39 is 35.4 Å². The Hall–Kier alpha value is -4.74. The summed E-state index contributed by atoms with van der Waals surface area (Å²) in [4.78, 5) is 50.1. The van der Waals surface area contributed by atoms with E-state index in [9.17, 15) is 35.9 Å². The average Bonchev–Trinajstić information content (AvgIpc) is 3.54. The van der Waals surface area contributed by atoms with E-state index >= 15 is 0 Å². The second kappa shape index (κ2) is 13.9. The van der Waals surface area contributed by atoms with Gasteiger partial charge in [-0.3, -0.25) is 24.0 Å². The molecule has 0 radical (unpaired) electrons. The van der Waals surface area contributed by atoms with Gasteiger partial charge in [0.25, 0.3) is 0 Å². The van der Waals surface area contributed by atoms with Gasteiger partial charge in [0.1, 0.15) is 11.6 Å². The molecule has 0 bridgehead atoms. The Kier molecular flexibility index (Phi) is 10.7. The van der Waals surface area contributed by atoms with Crippen molar-refractivity contribution >= 4 is 11.9 Å². The zero-order valence-electron chi connectivity index (χ0n) is 23.5. The topological polar surface area (TPSA) is 157 Å². The molecule has 244 valence electrons. The van der Waals surface area contributed by atoms with E-state index in [2.05, 4.69) is 15.0 Å². The van der Waals surface area contributed by atoms with E-state index in [1.54, 1.807) is 11.7 Å². The number of methoxy groups -OCH3 is 1. The van der Waals surface area contributed by atoms with Crippen molar-refractivity contribution in [2.24, 2.45) is 5.41 Å². The zero-order chi connectivity index (χ0) is 33.6. The first-order valence-corrected chi connectivity index (χ1v) is 13.0. The van der Waals surface area contributed by atoms with Crippen LogP contribution in [0.25, 0.3) is 0 Å². The van der Waals surface area contributed by atoms with Crippen molar-refractivity contribution in [3.8, 4) is 5.75 Å². The van der Waals surface area contributed by atoms with E-state index in [-0.39, 0.29) is 12.0 Å². The first-order valence-electron chi connectivity index (χ1n) is 13.0. The SMILES string of the molecule is COc1ccc(Cn2nc3n(c(=O)c2=O)CC2(CCN(Cc4ccccn4)C2)C3)cc1.O=C(O)C(F)(F)F.O=C(O)C(F)(F)F. The van der Waals surface area contributed by atoms with Crippen molar-refractivity contribution in [1.29, 1.82) is 0 Å². The van der Waals surface area contributed by atoms with Crippen molar-refractivity contribution in [3.63, 3.8) is 0 Å². The molecule has 1 saturated heterocycles. The Balaban J connectivity index is 0.000000331. The summed E-state index contributed by atoms with van der Waals surface area (Å²) in [6, 6.07) is 13.4. The van der Waals surface area contributed by atoms with Crippen LogP contribution in [-0.2, 0) is 35.6 Å². The number of alkyl halides is 6. The standard InChI is InChI=1S/C23H25N5O3.2C2HF3O2/c1-31-19-7-5-17(6-8-19)13-28-22(30)21(29)27-16-23(12-20(27)25-28)9-11-26(15-23)14-18-4-2-3-10-24-18;2*3-2(4,5)1(6)7/h2-8,10H,9,11-16H2,1H3;2*(H,6,7). The maximum absolute atomic E-state index is 12.8. The molecule has 1 unspecified atom stereocenters. The fourth-order valence-electron chi connectivity index (χ4n) is 4.77. The van der Waals surface area contributed by atoms with Crippen LogP contribution >= 0.6 is 0 Å². The highest BCUT2D eigenvalue weighted by molar-refractivity contribution is 5.73. The Morgan fingerprint density at radius 1 is 0.911 bits per heavy atom. The molecule has 5 rings (SSSR count). The second-order valence-electron chi connectivity index (χ2n) is 10.2. The third-order valence-corrected chi connectivity index (χ3v) is 6.84. The Labute approximate surface area is 250 Å². The summed E-state index contributed by atoms with van der Waals surface area (Å²) in [5, 5.41) is 18.8. The first kappa shape index (κ1) is 34.7. The highest BCUT2D eigenvalue weighted by Gasteiger charge is 2.45. The lowest BCUT2D eigenvalue weighted by Crippen LogP contribution is -2.43. The van der Waals surface area contributed by atoms with Gasteiger partial charge in [0.05, 0.1) is 19.3 Å². The molecule has 0 aliphatic carbocycles. The summed E-state index contributed by atoms with van der Waals surface area (Å²) < 4.78 is 71.5. The predicted molar refractivity (Wildman–Crippen MR) is 143 cm³/mol. The molecular weight excluding hydrogens is 620 g/mol. The number of carboxylic acid groups (broad SMARTS) is 2. The molecule has 12 nitrogen and oxygen atoms in total. The maximum Gasteiger partial charge on any atom is 0.490 e. The summed E-state index contributed by atoms with van der Waals surface area (Å²) >= 11 is 0. The fraction of sp³-hybridized carbons (Fsp3) is 0.407. The molecule has 18 heteroatoms. The minimum Gasteiger partial charge on any atom is -0.497 e. The van der Waals surface area contributed by atoms with Gasteiger partial charge in [-0.05, 0) is 42.8 Å². The smallest absolute Gasteiger partial charge is 0.490 e. The van der Waals surface area contributed by atoms with E-state index in [4.69, 9.17) is 24.5 Å². The monoisotopic (exact) mass is 647 g/mol. The van der Waals surface area contributed by atoms with Gasteiger partial charge >= 0.3 is 35.4 Å².